The van der Waals surface area contributed by atoms with Crippen LogP contribution in [0.25, 0.3) is 0 Å². The molecule has 32 heavy (non-hydrogen) atoms. The molecule has 0 unspecified atom stereocenters. The first-order valence-corrected chi connectivity index (χ1v) is 11.1. The molecule has 0 saturated heterocycles. The summed E-state index contributed by atoms with van der Waals surface area (Å²) < 4.78 is 12.7. The van der Waals surface area contributed by atoms with Crippen molar-refractivity contribution < 1.29 is 19.5 Å². The van der Waals surface area contributed by atoms with Crippen LogP contribution in [-0.4, -0.2) is 23.9 Å². The first kappa shape index (κ1) is 21.2. The summed E-state index contributed by atoms with van der Waals surface area (Å²) in [4.78, 5) is 0. The molecule has 2 heterocycles. The van der Waals surface area contributed by atoms with Crippen molar-refractivity contribution in [1.29, 1.82) is 0 Å². The topological polar surface area (TPSA) is 58.9 Å². The van der Waals surface area contributed by atoms with E-state index in [9.17, 15) is 10.0 Å². The van der Waals surface area contributed by atoms with E-state index in [1.807, 2.05) is 0 Å². The van der Waals surface area contributed by atoms with Crippen LogP contribution >= 0.6 is 0 Å². The van der Waals surface area contributed by atoms with E-state index < -0.39 is 7.12 Å². The second-order valence-corrected chi connectivity index (χ2v) is 10.9. The number of ether oxygens (including phenoxy) is 2. The van der Waals surface area contributed by atoms with Crippen molar-refractivity contribution in [2.24, 2.45) is 0 Å². The zero-order chi connectivity index (χ0) is 23.0. The molecular weight excluding hydrogens is 398 g/mol. The van der Waals surface area contributed by atoms with Gasteiger partial charge in [-0.2, -0.15) is 0 Å². The number of fused-ring (bicyclic) bond motifs is 4. The third-order valence-electron chi connectivity index (χ3n) is 6.53. The lowest BCUT2D eigenvalue weighted by molar-refractivity contribution is 0.423. The molecule has 0 amide bonds. The van der Waals surface area contributed by atoms with Crippen molar-refractivity contribution in [1.82, 2.24) is 0 Å². The molecule has 0 atom stereocenters. The largest absolute Gasteiger partial charge is 0.488 e. The molecule has 0 aromatic heterocycles. The van der Waals surface area contributed by atoms with Crippen LogP contribution in [0.2, 0.25) is 0 Å². The number of hydrogen-bond donors (Lipinski definition) is 2. The van der Waals surface area contributed by atoms with Gasteiger partial charge in [-0.3, -0.25) is 0 Å². The van der Waals surface area contributed by atoms with Crippen LogP contribution in [-0.2, 0) is 10.8 Å². The Balaban J connectivity index is 1.76. The van der Waals surface area contributed by atoms with E-state index in [0.717, 1.165) is 27.9 Å². The number of rotatable bonds is 1. The van der Waals surface area contributed by atoms with Gasteiger partial charge in [-0.1, -0.05) is 65.8 Å². The average Bonchev–Trinajstić information content (AvgIpc) is 2.70. The maximum atomic E-state index is 9.87. The second kappa shape index (κ2) is 6.90. The van der Waals surface area contributed by atoms with E-state index in [2.05, 4.69) is 77.9 Å². The summed E-state index contributed by atoms with van der Waals surface area (Å²) in [5.41, 5.74) is 5.82. The lowest BCUT2D eigenvalue weighted by Crippen LogP contribution is -2.58. The molecular formula is C26H28B2O4. The standard InChI is InChI=1S/C26H28B2O4/c1-25(2,3)15-7-9-18-20(11-15)31-22-13-17(28(29)30)14-23-24(22)27(18)19-10-8-16(26(4,5)6)12-21(19)32-23/h7-14,29-30H,1-6H3. The van der Waals surface area contributed by atoms with Crippen LogP contribution in [0.4, 0.5) is 0 Å². The molecule has 0 saturated carbocycles. The first-order chi connectivity index (χ1) is 14.9. The van der Waals surface area contributed by atoms with Gasteiger partial charge >= 0.3 is 7.12 Å². The van der Waals surface area contributed by atoms with Crippen molar-refractivity contribution >= 4 is 35.7 Å². The van der Waals surface area contributed by atoms with Gasteiger partial charge < -0.3 is 19.5 Å². The predicted octanol–water partition coefficient (Wildman–Crippen LogP) is 2.69. The number of benzene rings is 3. The van der Waals surface area contributed by atoms with Crippen LogP contribution in [0.1, 0.15) is 52.7 Å². The Labute approximate surface area is 190 Å². The summed E-state index contributed by atoms with van der Waals surface area (Å²) >= 11 is 0. The minimum atomic E-state index is -1.60. The minimum Gasteiger partial charge on any atom is -0.458 e. The van der Waals surface area contributed by atoms with Gasteiger partial charge in [-0.05, 0) is 62.6 Å². The Hall–Kier alpha value is -2.69. The molecule has 2 aliphatic heterocycles. The highest BCUT2D eigenvalue weighted by Gasteiger charge is 2.41. The van der Waals surface area contributed by atoms with E-state index >= 15 is 0 Å². The first-order valence-electron chi connectivity index (χ1n) is 11.1. The van der Waals surface area contributed by atoms with E-state index in [4.69, 9.17) is 9.47 Å². The van der Waals surface area contributed by atoms with Crippen molar-refractivity contribution in [3.63, 3.8) is 0 Å². The number of hydrogen-bond acceptors (Lipinski definition) is 4. The van der Waals surface area contributed by atoms with Crippen LogP contribution in [0.5, 0.6) is 23.0 Å². The van der Waals surface area contributed by atoms with Crippen LogP contribution in [0.3, 0.4) is 0 Å². The van der Waals surface area contributed by atoms with Gasteiger partial charge in [0, 0.05) is 5.46 Å². The van der Waals surface area contributed by atoms with E-state index in [1.165, 1.54) is 11.1 Å². The molecule has 3 aromatic carbocycles. The zero-order valence-corrected chi connectivity index (χ0v) is 19.5. The fraction of sp³-hybridized carbons (Fsp3) is 0.308. The van der Waals surface area contributed by atoms with Gasteiger partial charge in [0.05, 0.1) is 0 Å². The summed E-state index contributed by atoms with van der Waals surface area (Å²) in [7, 11) is -1.60. The molecule has 0 radical (unpaired) electrons. The Morgan fingerprint density at radius 2 is 1.09 bits per heavy atom. The molecule has 6 heteroatoms. The van der Waals surface area contributed by atoms with Gasteiger partial charge in [0.15, 0.2) is 0 Å². The summed E-state index contributed by atoms with van der Waals surface area (Å²) in [6.45, 7) is 13.1. The van der Waals surface area contributed by atoms with Crippen molar-refractivity contribution in [3.05, 3.63) is 59.7 Å². The predicted molar refractivity (Wildman–Crippen MR) is 131 cm³/mol. The lowest BCUT2D eigenvalue weighted by Gasteiger charge is -2.35. The summed E-state index contributed by atoms with van der Waals surface area (Å²) in [6.07, 6.45) is 0. The molecule has 162 valence electrons. The quantitative estimate of drug-likeness (QED) is 0.405. The van der Waals surface area contributed by atoms with Crippen LogP contribution < -0.4 is 31.3 Å². The SMILES string of the molecule is CC(C)(C)c1ccc2c(c1)Oc1cc(B(O)O)cc3c1B2c1ccc(C(C)(C)C)cc1O3. The summed E-state index contributed by atoms with van der Waals surface area (Å²) in [5, 5.41) is 19.7. The Bertz CT molecular complexity index is 1150. The van der Waals surface area contributed by atoms with Gasteiger partial charge in [-0.25, -0.2) is 0 Å². The van der Waals surface area contributed by atoms with Gasteiger partial charge in [0.1, 0.15) is 23.0 Å². The van der Waals surface area contributed by atoms with E-state index in [-0.39, 0.29) is 17.5 Å². The summed E-state index contributed by atoms with van der Waals surface area (Å²) in [6, 6.07) is 16.3. The fourth-order valence-electron chi connectivity index (χ4n) is 4.59. The Morgan fingerprint density at radius 1 is 0.656 bits per heavy atom. The van der Waals surface area contributed by atoms with Crippen molar-refractivity contribution in [2.45, 2.75) is 52.4 Å². The molecule has 0 bridgehead atoms. The maximum absolute atomic E-state index is 9.87. The minimum absolute atomic E-state index is 0.0117. The Morgan fingerprint density at radius 3 is 1.47 bits per heavy atom. The Kier molecular flexibility index (Phi) is 4.57. The highest BCUT2D eigenvalue weighted by atomic mass is 16.5. The fourth-order valence-corrected chi connectivity index (χ4v) is 4.59. The smallest absolute Gasteiger partial charge is 0.458 e. The molecule has 4 nitrogen and oxygen atoms in total. The normalized spacial score (nSPS) is 14.1. The second-order valence-electron chi connectivity index (χ2n) is 10.9. The van der Waals surface area contributed by atoms with Crippen molar-refractivity contribution in [2.75, 3.05) is 0 Å². The summed E-state index contributed by atoms with van der Waals surface area (Å²) in [5.74, 6) is 2.83. The average molecular weight is 426 g/mol. The highest BCUT2D eigenvalue weighted by molar-refractivity contribution is 6.98. The maximum Gasteiger partial charge on any atom is 0.488 e. The van der Waals surface area contributed by atoms with Gasteiger partial charge in [0.25, 0.3) is 6.71 Å². The third kappa shape index (κ3) is 3.33. The lowest BCUT2D eigenvalue weighted by atomic mass is 9.34. The molecule has 5 rings (SSSR count). The molecule has 2 aliphatic rings. The third-order valence-corrected chi connectivity index (χ3v) is 6.53. The van der Waals surface area contributed by atoms with Gasteiger partial charge in [0.2, 0.25) is 0 Å². The molecule has 0 fully saturated rings. The molecule has 2 N–H and O–H groups in total. The van der Waals surface area contributed by atoms with Crippen molar-refractivity contribution in [3.8, 4) is 23.0 Å². The van der Waals surface area contributed by atoms with Crippen LogP contribution in [0.15, 0.2) is 48.5 Å². The van der Waals surface area contributed by atoms with Crippen LogP contribution in [0, 0.1) is 0 Å². The monoisotopic (exact) mass is 426 g/mol. The highest BCUT2D eigenvalue weighted by Crippen LogP contribution is 2.37. The van der Waals surface area contributed by atoms with E-state index in [1.54, 1.807) is 12.1 Å². The van der Waals surface area contributed by atoms with E-state index in [0.29, 0.717) is 17.0 Å². The molecule has 0 spiro atoms. The molecule has 0 aliphatic carbocycles. The van der Waals surface area contributed by atoms with Gasteiger partial charge in [-0.15, -0.1) is 0 Å². The zero-order valence-electron chi connectivity index (χ0n) is 19.5. The molecule has 3 aromatic rings.